The molecule has 0 spiro atoms. The van der Waals surface area contributed by atoms with Gasteiger partial charge in [-0.05, 0) is 53.3 Å². The molecule has 1 saturated heterocycles. The van der Waals surface area contributed by atoms with E-state index < -0.39 is 0 Å². The fraction of sp³-hybridized carbons (Fsp3) is 0.529. The molecule has 0 saturated carbocycles. The monoisotopic (exact) mass is 331 g/mol. The largest absolute Gasteiger partial charge is 0.494 e. The minimum Gasteiger partial charge on any atom is -0.494 e. The van der Waals surface area contributed by atoms with Gasteiger partial charge in [-0.25, -0.2) is 4.63 Å². The molecule has 3 N–H and O–H groups in total. The van der Waals surface area contributed by atoms with Crippen molar-refractivity contribution in [2.24, 2.45) is 5.92 Å². The van der Waals surface area contributed by atoms with Crippen LogP contribution in [0.25, 0.3) is 0 Å². The number of hydrogen-bond acceptors (Lipinski definition) is 7. The lowest BCUT2D eigenvalue weighted by Crippen LogP contribution is -2.19. The SMILES string of the molecule is CC1CCN(Cc2cccc(OCCCNc3nonc3N)c2)C1. The van der Waals surface area contributed by atoms with E-state index in [4.69, 9.17) is 10.5 Å². The summed E-state index contributed by atoms with van der Waals surface area (Å²) in [5.41, 5.74) is 6.88. The van der Waals surface area contributed by atoms with E-state index in [-0.39, 0.29) is 5.82 Å². The summed E-state index contributed by atoms with van der Waals surface area (Å²) >= 11 is 0. The second-order valence-electron chi connectivity index (χ2n) is 6.40. The van der Waals surface area contributed by atoms with Crippen LogP contribution in [0.3, 0.4) is 0 Å². The molecule has 1 aliphatic heterocycles. The Morgan fingerprint density at radius 2 is 2.33 bits per heavy atom. The Kier molecular flexibility index (Phi) is 5.53. The van der Waals surface area contributed by atoms with Gasteiger partial charge in [0.15, 0.2) is 0 Å². The number of benzene rings is 1. The van der Waals surface area contributed by atoms with Gasteiger partial charge in [0.1, 0.15) is 5.75 Å². The molecule has 3 rings (SSSR count). The molecule has 0 bridgehead atoms. The molecule has 0 aliphatic carbocycles. The van der Waals surface area contributed by atoms with Crippen molar-refractivity contribution in [3.8, 4) is 5.75 Å². The Labute approximate surface area is 142 Å². The molecule has 2 heterocycles. The number of aromatic nitrogens is 2. The Morgan fingerprint density at radius 3 is 3.08 bits per heavy atom. The molecule has 24 heavy (non-hydrogen) atoms. The Hall–Kier alpha value is -2.28. The van der Waals surface area contributed by atoms with E-state index in [1.54, 1.807) is 0 Å². The van der Waals surface area contributed by atoms with Gasteiger partial charge in [0, 0.05) is 19.6 Å². The summed E-state index contributed by atoms with van der Waals surface area (Å²) in [6, 6.07) is 8.36. The van der Waals surface area contributed by atoms with Crippen molar-refractivity contribution in [2.45, 2.75) is 26.3 Å². The van der Waals surface area contributed by atoms with Crippen LogP contribution in [-0.4, -0.2) is 41.5 Å². The third-order valence-electron chi connectivity index (χ3n) is 4.21. The maximum absolute atomic E-state index is 5.83. The fourth-order valence-electron chi connectivity index (χ4n) is 2.95. The maximum Gasteiger partial charge on any atom is 0.215 e. The van der Waals surface area contributed by atoms with Crippen molar-refractivity contribution in [1.29, 1.82) is 0 Å². The van der Waals surface area contributed by atoms with E-state index in [9.17, 15) is 0 Å². The lowest BCUT2D eigenvalue weighted by molar-refractivity contribution is 0.306. The average Bonchev–Trinajstić information content (AvgIpc) is 3.16. The number of likely N-dealkylation sites (tertiary alicyclic amines) is 1. The number of ether oxygens (including phenoxy) is 1. The maximum atomic E-state index is 5.83. The lowest BCUT2D eigenvalue weighted by atomic mass is 10.2. The highest BCUT2D eigenvalue weighted by Gasteiger charge is 2.18. The minimum atomic E-state index is 0.278. The molecular formula is C17H25N5O2. The topological polar surface area (TPSA) is 89.4 Å². The summed E-state index contributed by atoms with van der Waals surface area (Å²) in [4.78, 5) is 2.50. The number of nitrogens with two attached hydrogens (primary N) is 1. The zero-order valence-electron chi connectivity index (χ0n) is 14.1. The smallest absolute Gasteiger partial charge is 0.215 e. The van der Waals surface area contributed by atoms with Gasteiger partial charge >= 0.3 is 0 Å². The zero-order valence-corrected chi connectivity index (χ0v) is 14.1. The van der Waals surface area contributed by atoms with Crippen molar-refractivity contribution >= 4 is 11.6 Å². The molecule has 7 heteroatoms. The van der Waals surface area contributed by atoms with Crippen LogP contribution in [0.5, 0.6) is 5.75 Å². The van der Waals surface area contributed by atoms with Gasteiger partial charge in [-0.15, -0.1) is 0 Å². The van der Waals surface area contributed by atoms with Crippen LogP contribution in [0.4, 0.5) is 11.6 Å². The number of rotatable bonds is 8. The number of hydrogen-bond donors (Lipinski definition) is 2. The van der Waals surface area contributed by atoms with E-state index in [1.165, 1.54) is 25.1 Å². The third-order valence-corrected chi connectivity index (χ3v) is 4.21. The molecule has 7 nitrogen and oxygen atoms in total. The van der Waals surface area contributed by atoms with E-state index in [0.717, 1.165) is 24.6 Å². The molecule has 1 aliphatic rings. The van der Waals surface area contributed by atoms with E-state index in [1.807, 2.05) is 6.07 Å². The molecular weight excluding hydrogens is 306 g/mol. The lowest BCUT2D eigenvalue weighted by Gasteiger charge is -2.16. The van der Waals surface area contributed by atoms with Crippen LogP contribution in [-0.2, 0) is 6.54 Å². The highest BCUT2D eigenvalue weighted by atomic mass is 16.6. The van der Waals surface area contributed by atoms with E-state index in [2.05, 4.69) is 50.3 Å². The first kappa shape index (κ1) is 16.6. The van der Waals surface area contributed by atoms with E-state index in [0.29, 0.717) is 19.0 Å². The number of anilines is 2. The van der Waals surface area contributed by atoms with Crippen molar-refractivity contribution in [3.05, 3.63) is 29.8 Å². The summed E-state index contributed by atoms with van der Waals surface area (Å²) in [5, 5.41) is 10.2. The summed E-state index contributed by atoms with van der Waals surface area (Å²) in [6.07, 6.45) is 2.13. The van der Waals surface area contributed by atoms with Crippen molar-refractivity contribution in [3.63, 3.8) is 0 Å². The molecule has 1 aromatic carbocycles. The van der Waals surface area contributed by atoms with Crippen LogP contribution in [0.15, 0.2) is 28.9 Å². The summed E-state index contributed by atoms with van der Waals surface area (Å²) in [6.45, 7) is 7.03. The summed E-state index contributed by atoms with van der Waals surface area (Å²) < 4.78 is 10.4. The predicted octanol–water partition coefficient (Wildman–Crippen LogP) is 2.37. The number of nitrogens with one attached hydrogen (secondary N) is 1. The molecule has 1 unspecified atom stereocenters. The van der Waals surface area contributed by atoms with Crippen molar-refractivity contribution in [1.82, 2.24) is 15.2 Å². The quantitative estimate of drug-likeness (QED) is 0.718. The van der Waals surface area contributed by atoms with Crippen LogP contribution < -0.4 is 15.8 Å². The highest BCUT2D eigenvalue weighted by Crippen LogP contribution is 2.20. The molecule has 1 aromatic heterocycles. The number of nitrogens with zero attached hydrogens (tertiary/aromatic N) is 3. The third kappa shape index (κ3) is 4.61. The van der Waals surface area contributed by atoms with Gasteiger partial charge in [0.05, 0.1) is 6.61 Å². The first-order valence-corrected chi connectivity index (χ1v) is 8.46. The second-order valence-corrected chi connectivity index (χ2v) is 6.40. The fourth-order valence-corrected chi connectivity index (χ4v) is 2.95. The average molecular weight is 331 g/mol. The molecule has 1 atom stereocenters. The zero-order chi connectivity index (χ0) is 16.8. The first-order chi connectivity index (χ1) is 11.7. The van der Waals surface area contributed by atoms with Gasteiger partial charge < -0.3 is 15.8 Å². The van der Waals surface area contributed by atoms with Gasteiger partial charge in [-0.3, -0.25) is 4.90 Å². The van der Waals surface area contributed by atoms with E-state index >= 15 is 0 Å². The van der Waals surface area contributed by atoms with Crippen LogP contribution in [0.1, 0.15) is 25.3 Å². The Bertz CT molecular complexity index is 645. The molecule has 1 fully saturated rings. The van der Waals surface area contributed by atoms with Gasteiger partial charge in [-0.1, -0.05) is 19.1 Å². The minimum absolute atomic E-state index is 0.278. The van der Waals surface area contributed by atoms with Gasteiger partial charge in [0.25, 0.3) is 0 Å². The van der Waals surface area contributed by atoms with Crippen LogP contribution in [0, 0.1) is 5.92 Å². The Balaban J connectivity index is 1.39. The molecule has 130 valence electrons. The van der Waals surface area contributed by atoms with Crippen LogP contribution >= 0.6 is 0 Å². The van der Waals surface area contributed by atoms with Crippen molar-refractivity contribution < 1.29 is 9.37 Å². The first-order valence-electron chi connectivity index (χ1n) is 8.46. The molecule has 0 radical (unpaired) electrons. The molecule has 0 amide bonds. The second kappa shape index (κ2) is 8.01. The predicted molar refractivity (Wildman–Crippen MR) is 92.8 cm³/mol. The van der Waals surface area contributed by atoms with Crippen LogP contribution in [0.2, 0.25) is 0 Å². The van der Waals surface area contributed by atoms with Gasteiger partial charge in [0.2, 0.25) is 11.6 Å². The highest BCUT2D eigenvalue weighted by molar-refractivity contribution is 5.53. The summed E-state index contributed by atoms with van der Waals surface area (Å²) in [7, 11) is 0. The van der Waals surface area contributed by atoms with Gasteiger partial charge in [-0.2, -0.15) is 0 Å². The normalized spacial score (nSPS) is 18.0. The van der Waals surface area contributed by atoms with Crippen molar-refractivity contribution in [2.75, 3.05) is 37.3 Å². The molecule has 2 aromatic rings. The summed E-state index contributed by atoms with van der Waals surface area (Å²) in [5.74, 6) is 2.49. The number of nitrogen functional groups attached to an aromatic ring is 1. The standard InChI is InChI=1S/C17H25N5O2/c1-13-6-8-22(11-13)12-14-4-2-5-15(10-14)23-9-3-7-19-17-16(18)20-24-21-17/h2,4-5,10,13H,3,6-9,11-12H2,1H3,(H2,18,20)(H,19,21). The Morgan fingerprint density at radius 1 is 1.42 bits per heavy atom.